The van der Waals surface area contributed by atoms with Crippen molar-refractivity contribution in [3.05, 3.63) is 30.3 Å². The molecule has 5 nitrogen and oxygen atoms in total. The standard InChI is InChI=1S/C15H20N2O3/c1-12-15(19)17(10-8-14(18)16-12)9-5-11-20-13-6-3-2-4-7-13/h2-4,6-7,12H,5,8-11H2,1H3,(H,16,18). The molecule has 1 aromatic rings. The van der Waals surface area contributed by atoms with E-state index in [9.17, 15) is 9.59 Å². The summed E-state index contributed by atoms with van der Waals surface area (Å²) in [6, 6.07) is 9.16. The van der Waals surface area contributed by atoms with Gasteiger partial charge in [0.2, 0.25) is 11.8 Å². The van der Waals surface area contributed by atoms with Gasteiger partial charge >= 0.3 is 0 Å². The molecule has 0 aromatic heterocycles. The van der Waals surface area contributed by atoms with Crippen LogP contribution in [0.15, 0.2) is 30.3 Å². The molecular weight excluding hydrogens is 256 g/mol. The van der Waals surface area contributed by atoms with E-state index >= 15 is 0 Å². The lowest BCUT2D eigenvalue weighted by Gasteiger charge is -2.22. The molecule has 2 rings (SSSR count). The molecule has 1 N–H and O–H groups in total. The Morgan fingerprint density at radius 3 is 2.80 bits per heavy atom. The number of nitrogens with one attached hydrogen (secondary N) is 1. The van der Waals surface area contributed by atoms with Crippen molar-refractivity contribution in [2.45, 2.75) is 25.8 Å². The summed E-state index contributed by atoms with van der Waals surface area (Å²) in [6.07, 6.45) is 1.12. The Kier molecular flexibility index (Phi) is 4.98. The van der Waals surface area contributed by atoms with Gasteiger partial charge in [-0.1, -0.05) is 18.2 Å². The van der Waals surface area contributed by atoms with E-state index in [1.165, 1.54) is 0 Å². The Morgan fingerprint density at radius 1 is 1.30 bits per heavy atom. The number of carbonyl (C=O) groups excluding carboxylic acids is 2. The lowest BCUT2D eigenvalue weighted by molar-refractivity contribution is -0.133. The van der Waals surface area contributed by atoms with Crippen molar-refractivity contribution in [1.82, 2.24) is 10.2 Å². The van der Waals surface area contributed by atoms with E-state index in [0.717, 1.165) is 12.2 Å². The molecule has 1 aliphatic rings. The first-order chi connectivity index (χ1) is 9.66. The summed E-state index contributed by atoms with van der Waals surface area (Å²) in [5.41, 5.74) is 0. The summed E-state index contributed by atoms with van der Waals surface area (Å²) in [6.45, 7) is 3.38. The Hall–Kier alpha value is -2.04. The molecule has 1 aromatic carbocycles. The lowest BCUT2D eigenvalue weighted by atomic mass is 10.3. The summed E-state index contributed by atoms with van der Waals surface area (Å²) in [7, 11) is 0. The van der Waals surface area contributed by atoms with Crippen molar-refractivity contribution in [3.8, 4) is 5.75 Å². The highest BCUT2D eigenvalue weighted by Crippen LogP contribution is 2.09. The number of ether oxygens (including phenoxy) is 1. The summed E-state index contributed by atoms with van der Waals surface area (Å²) in [5.74, 6) is 0.754. The average molecular weight is 276 g/mol. The number of para-hydroxylation sites is 1. The normalized spacial score (nSPS) is 19.4. The first-order valence-corrected chi connectivity index (χ1v) is 6.93. The summed E-state index contributed by atoms with van der Waals surface area (Å²) in [4.78, 5) is 25.1. The maximum Gasteiger partial charge on any atom is 0.244 e. The van der Waals surface area contributed by atoms with Gasteiger partial charge in [0.25, 0.3) is 0 Å². The molecule has 5 heteroatoms. The van der Waals surface area contributed by atoms with Crippen molar-refractivity contribution in [2.24, 2.45) is 0 Å². The lowest BCUT2D eigenvalue weighted by Crippen LogP contribution is -2.43. The highest BCUT2D eigenvalue weighted by Gasteiger charge is 2.25. The Bertz CT molecular complexity index is 461. The predicted molar refractivity (Wildman–Crippen MR) is 75.4 cm³/mol. The van der Waals surface area contributed by atoms with Gasteiger partial charge in [0.1, 0.15) is 11.8 Å². The second kappa shape index (κ2) is 6.93. The molecule has 1 fully saturated rings. The fourth-order valence-corrected chi connectivity index (χ4v) is 2.18. The molecular formula is C15H20N2O3. The van der Waals surface area contributed by atoms with Gasteiger partial charge in [-0.2, -0.15) is 0 Å². The summed E-state index contributed by atoms with van der Waals surface area (Å²) < 4.78 is 5.59. The number of hydrogen-bond donors (Lipinski definition) is 1. The third-order valence-corrected chi connectivity index (χ3v) is 3.25. The van der Waals surface area contributed by atoms with E-state index in [1.54, 1.807) is 11.8 Å². The van der Waals surface area contributed by atoms with Crippen LogP contribution in [-0.4, -0.2) is 42.5 Å². The van der Waals surface area contributed by atoms with E-state index < -0.39 is 6.04 Å². The van der Waals surface area contributed by atoms with Crippen molar-refractivity contribution < 1.29 is 14.3 Å². The minimum absolute atomic E-state index is 0.0180. The zero-order chi connectivity index (χ0) is 14.4. The first kappa shape index (κ1) is 14.4. The largest absolute Gasteiger partial charge is 0.494 e. The predicted octanol–water partition coefficient (Wildman–Crippen LogP) is 1.19. The summed E-state index contributed by atoms with van der Waals surface area (Å²) in [5, 5.41) is 2.68. The Labute approximate surface area is 118 Å². The van der Waals surface area contributed by atoms with Gasteiger partial charge in [0, 0.05) is 19.5 Å². The van der Waals surface area contributed by atoms with Crippen LogP contribution in [0, 0.1) is 0 Å². The van der Waals surface area contributed by atoms with Gasteiger partial charge in [-0.3, -0.25) is 9.59 Å². The SMILES string of the molecule is CC1NC(=O)CCN(CCCOc2ccccc2)C1=O. The van der Waals surface area contributed by atoms with Crippen molar-refractivity contribution in [2.75, 3.05) is 19.7 Å². The quantitative estimate of drug-likeness (QED) is 0.822. The molecule has 0 saturated carbocycles. The summed E-state index contributed by atoms with van der Waals surface area (Å²) >= 11 is 0. The van der Waals surface area contributed by atoms with E-state index in [1.807, 2.05) is 30.3 Å². The minimum Gasteiger partial charge on any atom is -0.494 e. The van der Waals surface area contributed by atoms with E-state index in [-0.39, 0.29) is 11.8 Å². The minimum atomic E-state index is -0.431. The van der Waals surface area contributed by atoms with Gasteiger partial charge in [0.05, 0.1) is 6.61 Å². The molecule has 1 atom stereocenters. The van der Waals surface area contributed by atoms with Gasteiger partial charge < -0.3 is 15.0 Å². The number of amides is 2. The van der Waals surface area contributed by atoms with Crippen molar-refractivity contribution in [3.63, 3.8) is 0 Å². The molecule has 1 saturated heterocycles. The third-order valence-electron chi connectivity index (χ3n) is 3.25. The number of carbonyl (C=O) groups is 2. The van der Waals surface area contributed by atoms with Crippen LogP contribution in [0.3, 0.4) is 0 Å². The molecule has 0 radical (unpaired) electrons. The molecule has 1 unspecified atom stereocenters. The monoisotopic (exact) mass is 276 g/mol. The van der Waals surface area contributed by atoms with Crippen LogP contribution in [0.4, 0.5) is 0 Å². The number of nitrogens with zero attached hydrogens (tertiary/aromatic N) is 1. The van der Waals surface area contributed by atoms with Crippen molar-refractivity contribution >= 4 is 11.8 Å². The van der Waals surface area contributed by atoms with E-state index in [2.05, 4.69) is 5.32 Å². The van der Waals surface area contributed by atoms with Gasteiger partial charge in [-0.25, -0.2) is 0 Å². The maximum atomic E-state index is 12.0. The topological polar surface area (TPSA) is 58.6 Å². The Morgan fingerprint density at radius 2 is 2.05 bits per heavy atom. The molecule has 108 valence electrons. The zero-order valence-corrected chi connectivity index (χ0v) is 11.7. The van der Waals surface area contributed by atoms with Crippen LogP contribution < -0.4 is 10.1 Å². The van der Waals surface area contributed by atoms with Gasteiger partial charge in [-0.15, -0.1) is 0 Å². The van der Waals surface area contributed by atoms with E-state index in [0.29, 0.717) is 26.1 Å². The maximum absolute atomic E-state index is 12.0. The van der Waals surface area contributed by atoms with Crippen LogP contribution in [0.25, 0.3) is 0 Å². The van der Waals surface area contributed by atoms with E-state index in [4.69, 9.17) is 4.74 Å². The fraction of sp³-hybridized carbons (Fsp3) is 0.467. The molecule has 0 aliphatic carbocycles. The first-order valence-electron chi connectivity index (χ1n) is 6.93. The molecule has 2 amide bonds. The van der Waals surface area contributed by atoms with Gasteiger partial charge in [0.15, 0.2) is 0 Å². The Balaban J connectivity index is 1.75. The number of benzene rings is 1. The second-order valence-electron chi connectivity index (χ2n) is 4.88. The van der Waals surface area contributed by atoms with Crippen LogP contribution in [0.1, 0.15) is 19.8 Å². The average Bonchev–Trinajstić information content (AvgIpc) is 2.57. The second-order valence-corrected chi connectivity index (χ2v) is 4.88. The number of hydrogen-bond acceptors (Lipinski definition) is 3. The number of rotatable bonds is 5. The molecule has 1 aliphatic heterocycles. The van der Waals surface area contributed by atoms with Crippen LogP contribution in [0.2, 0.25) is 0 Å². The fourth-order valence-electron chi connectivity index (χ4n) is 2.18. The molecule has 0 bridgehead atoms. The molecule has 1 heterocycles. The highest BCUT2D eigenvalue weighted by atomic mass is 16.5. The zero-order valence-electron chi connectivity index (χ0n) is 11.7. The van der Waals surface area contributed by atoms with Gasteiger partial charge in [-0.05, 0) is 25.5 Å². The third kappa shape index (κ3) is 3.98. The molecule has 20 heavy (non-hydrogen) atoms. The molecule has 0 spiro atoms. The van der Waals surface area contributed by atoms with Crippen LogP contribution >= 0.6 is 0 Å². The highest BCUT2D eigenvalue weighted by molar-refractivity contribution is 5.89. The van der Waals surface area contributed by atoms with Crippen molar-refractivity contribution in [1.29, 1.82) is 0 Å². The van der Waals surface area contributed by atoms with Crippen LogP contribution in [-0.2, 0) is 9.59 Å². The van der Waals surface area contributed by atoms with Crippen LogP contribution in [0.5, 0.6) is 5.75 Å². The smallest absolute Gasteiger partial charge is 0.244 e.